The van der Waals surface area contributed by atoms with E-state index in [0.29, 0.717) is 0 Å². The summed E-state index contributed by atoms with van der Waals surface area (Å²) in [5, 5.41) is 4.95. The summed E-state index contributed by atoms with van der Waals surface area (Å²) in [6, 6.07) is 0.967. The maximum absolute atomic E-state index is 12.5. The van der Waals surface area contributed by atoms with Crippen molar-refractivity contribution in [2.24, 2.45) is 5.14 Å². The summed E-state index contributed by atoms with van der Waals surface area (Å²) >= 11 is 0. The zero-order chi connectivity index (χ0) is 15.6. The first-order valence-electron chi connectivity index (χ1n) is 6.49. The fourth-order valence-electron chi connectivity index (χ4n) is 2.33. The van der Waals surface area contributed by atoms with Gasteiger partial charge in [0.2, 0.25) is 10.0 Å². The number of primary sulfonamides is 1. The quantitative estimate of drug-likeness (QED) is 0.832. The normalized spacial score (nSPS) is 16.6. The number of sulfonamides is 1. The summed E-state index contributed by atoms with van der Waals surface area (Å²) < 4.78 is 53.7. The molecule has 0 aromatic carbocycles. The lowest BCUT2D eigenvalue weighted by Crippen LogP contribution is -2.19. The van der Waals surface area contributed by atoms with Crippen molar-refractivity contribution in [2.45, 2.75) is 49.7 Å². The minimum absolute atomic E-state index is 0.230. The molecule has 1 aliphatic rings. The van der Waals surface area contributed by atoms with Crippen molar-refractivity contribution in [1.29, 1.82) is 0 Å². The molecule has 0 saturated heterocycles. The average Bonchev–Trinajstić information content (AvgIpc) is 2.96. The van der Waals surface area contributed by atoms with Crippen LogP contribution in [0.25, 0.3) is 0 Å². The molecule has 1 aromatic rings. The number of rotatable bonds is 5. The van der Waals surface area contributed by atoms with Gasteiger partial charge in [0.15, 0.2) is 0 Å². The summed E-state index contributed by atoms with van der Waals surface area (Å²) in [4.78, 5) is 11.6. The number of nitrogens with zero attached hydrogens (tertiary/aromatic N) is 1. The predicted octanol–water partition coefficient (Wildman–Crippen LogP) is 1.50. The molecule has 0 atom stereocenters. The minimum atomic E-state index is -4.07. The minimum Gasteiger partial charge on any atom is -0.458 e. The Kier molecular flexibility index (Phi) is 4.62. The van der Waals surface area contributed by atoms with Crippen LogP contribution < -0.4 is 5.14 Å². The lowest BCUT2D eigenvalue weighted by atomic mass is 10.3. The van der Waals surface area contributed by atoms with Gasteiger partial charge in [0.1, 0.15) is 16.7 Å². The first-order chi connectivity index (χ1) is 9.77. The Morgan fingerprint density at radius 2 is 2.05 bits per heavy atom. The van der Waals surface area contributed by atoms with Crippen LogP contribution in [0.3, 0.4) is 0 Å². The molecule has 1 heterocycles. The number of aromatic nitrogens is 1. The zero-order valence-corrected chi connectivity index (χ0v) is 12.0. The smallest absolute Gasteiger partial charge is 0.355 e. The number of halogens is 2. The first kappa shape index (κ1) is 15.9. The van der Waals surface area contributed by atoms with Gasteiger partial charge in [0, 0.05) is 6.20 Å². The molecule has 9 heteroatoms. The van der Waals surface area contributed by atoms with Crippen LogP contribution in [0.1, 0.15) is 36.2 Å². The molecule has 0 bridgehead atoms. The van der Waals surface area contributed by atoms with E-state index >= 15 is 0 Å². The van der Waals surface area contributed by atoms with E-state index in [0.717, 1.165) is 42.5 Å². The van der Waals surface area contributed by atoms with Crippen LogP contribution in [-0.4, -0.2) is 31.5 Å². The molecule has 1 fully saturated rings. The molecule has 21 heavy (non-hydrogen) atoms. The molecule has 118 valence electrons. The Morgan fingerprint density at radius 1 is 1.43 bits per heavy atom. The van der Waals surface area contributed by atoms with Crippen LogP contribution in [-0.2, 0) is 21.3 Å². The van der Waals surface area contributed by atoms with E-state index in [-0.39, 0.29) is 16.7 Å². The summed E-state index contributed by atoms with van der Waals surface area (Å²) in [5.74, 6) is -0.808. The van der Waals surface area contributed by atoms with Gasteiger partial charge in [-0.1, -0.05) is 0 Å². The van der Waals surface area contributed by atoms with Crippen molar-refractivity contribution in [3.05, 3.63) is 18.0 Å². The first-order valence-corrected chi connectivity index (χ1v) is 8.04. The number of hydrogen-bond acceptors (Lipinski definition) is 4. The summed E-state index contributed by atoms with van der Waals surface area (Å²) in [7, 11) is -4.07. The molecule has 1 aliphatic carbocycles. The van der Waals surface area contributed by atoms with E-state index in [2.05, 4.69) is 0 Å². The molecule has 0 amide bonds. The maximum Gasteiger partial charge on any atom is 0.355 e. The SMILES string of the molecule is NS(=O)(=O)c1cc(C(=O)OC2CCCC2)n(CC(F)F)c1. The molecule has 6 nitrogen and oxygen atoms in total. The third-order valence-electron chi connectivity index (χ3n) is 3.32. The topological polar surface area (TPSA) is 91.4 Å². The van der Waals surface area contributed by atoms with Crippen LogP contribution in [0.5, 0.6) is 0 Å². The lowest BCUT2D eigenvalue weighted by molar-refractivity contribution is 0.0300. The van der Waals surface area contributed by atoms with E-state index in [4.69, 9.17) is 9.88 Å². The Labute approximate surface area is 120 Å². The molecular weight excluding hydrogens is 306 g/mol. The van der Waals surface area contributed by atoms with Gasteiger partial charge in [0.05, 0.1) is 6.54 Å². The van der Waals surface area contributed by atoms with E-state index in [1.165, 1.54) is 0 Å². The third-order valence-corrected chi connectivity index (χ3v) is 4.20. The number of ether oxygens (including phenoxy) is 1. The Balaban J connectivity index is 2.26. The standard InChI is InChI=1S/C12H16F2N2O4S/c13-11(14)7-16-6-9(21(15,18)19)5-10(16)12(17)20-8-3-1-2-4-8/h5-6,8,11H,1-4,7H2,(H2,15,18,19). The number of esters is 1. The van der Waals surface area contributed by atoms with Crippen LogP contribution in [0.2, 0.25) is 0 Å². The number of alkyl halides is 2. The predicted molar refractivity (Wildman–Crippen MR) is 69.5 cm³/mol. The highest BCUT2D eigenvalue weighted by atomic mass is 32.2. The maximum atomic E-state index is 12.5. The van der Waals surface area contributed by atoms with Gasteiger partial charge in [-0.15, -0.1) is 0 Å². The zero-order valence-electron chi connectivity index (χ0n) is 11.2. The van der Waals surface area contributed by atoms with Gasteiger partial charge in [-0.3, -0.25) is 0 Å². The van der Waals surface area contributed by atoms with Crippen molar-refractivity contribution >= 4 is 16.0 Å². The number of carbonyl (C=O) groups excluding carboxylic acids is 1. The lowest BCUT2D eigenvalue weighted by Gasteiger charge is -2.12. The van der Waals surface area contributed by atoms with Gasteiger partial charge in [0.25, 0.3) is 6.43 Å². The number of hydrogen-bond donors (Lipinski definition) is 1. The summed E-state index contributed by atoms with van der Waals surface area (Å²) in [5.41, 5.74) is -0.230. The number of nitrogens with two attached hydrogens (primary N) is 1. The Hall–Kier alpha value is -1.48. The Morgan fingerprint density at radius 3 is 2.57 bits per heavy atom. The van der Waals surface area contributed by atoms with E-state index < -0.39 is 29.0 Å². The van der Waals surface area contributed by atoms with Crippen molar-refractivity contribution in [3.8, 4) is 0 Å². The molecule has 2 rings (SSSR count). The van der Waals surface area contributed by atoms with Crippen molar-refractivity contribution in [3.63, 3.8) is 0 Å². The highest BCUT2D eigenvalue weighted by Gasteiger charge is 2.25. The summed E-state index contributed by atoms with van der Waals surface area (Å²) in [6.07, 6.45) is 1.28. The third kappa shape index (κ3) is 4.01. The van der Waals surface area contributed by atoms with E-state index in [1.807, 2.05) is 0 Å². The van der Waals surface area contributed by atoms with Crippen molar-refractivity contribution < 1.29 is 26.7 Å². The molecule has 0 unspecified atom stereocenters. The van der Waals surface area contributed by atoms with Crippen LogP contribution >= 0.6 is 0 Å². The van der Waals surface area contributed by atoms with Gasteiger partial charge < -0.3 is 9.30 Å². The second-order valence-corrected chi connectivity index (χ2v) is 6.52. The van der Waals surface area contributed by atoms with Crippen LogP contribution in [0.15, 0.2) is 17.2 Å². The molecule has 1 aromatic heterocycles. The largest absolute Gasteiger partial charge is 0.458 e. The Bertz CT molecular complexity index is 621. The number of carbonyl (C=O) groups is 1. The molecule has 2 N–H and O–H groups in total. The molecule has 0 aliphatic heterocycles. The molecule has 0 radical (unpaired) electrons. The average molecular weight is 322 g/mol. The van der Waals surface area contributed by atoms with Gasteiger partial charge in [-0.2, -0.15) is 0 Å². The van der Waals surface area contributed by atoms with Gasteiger partial charge >= 0.3 is 5.97 Å². The van der Waals surface area contributed by atoms with Crippen LogP contribution in [0, 0.1) is 0 Å². The van der Waals surface area contributed by atoms with Gasteiger partial charge in [-0.05, 0) is 31.7 Å². The summed E-state index contributed by atoms with van der Waals surface area (Å²) in [6.45, 7) is -0.801. The van der Waals surface area contributed by atoms with Crippen LogP contribution in [0.4, 0.5) is 8.78 Å². The van der Waals surface area contributed by atoms with E-state index in [9.17, 15) is 22.0 Å². The second-order valence-electron chi connectivity index (χ2n) is 4.96. The van der Waals surface area contributed by atoms with Crippen molar-refractivity contribution in [2.75, 3.05) is 0 Å². The molecule has 1 saturated carbocycles. The molecule has 0 spiro atoms. The fourth-order valence-corrected chi connectivity index (χ4v) is 2.88. The van der Waals surface area contributed by atoms with Gasteiger partial charge in [-0.25, -0.2) is 27.1 Å². The molecular formula is C12H16F2N2O4S. The highest BCUT2D eigenvalue weighted by molar-refractivity contribution is 7.89. The highest BCUT2D eigenvalue weighted by Crippen LogP contribution is 2.23. The van der Waals surface area contributed by atoms with Crippen molar-refractivity contribution in [1.82, 2.24) is 4.57 Å². The second kappa shape index (κ2) is 6.10. The fraction of sp³-hybridized carbons (Fsp3) is 0.583. The monoisotopic (exact) mass is 322 g/mol. The van der Waals surface area contributed by atoms with E-state index in [1.54, 1.807) is 0 Å².